The lowest BCUT2D eigenvalue weighted by atomic mass is 10.0. The zero-order valence-corrected chi connectivity index (χ0v) is 11.3. The number of hydrogen-bond acceptors (Lipinski definition) is 2. The first-order valence-electron chi connectivity index (χ1n) is 5.51. The van der Waals surface area contributed by atoms with Gasteiger partial charge in [0.1, 0.15) is 0 Å². The molecule has 0 unspecified atom stereocenters. The predicted molar refractivity (Wildman–Crippen MR) is 74.0 cm³/mol. The van der Waals surface area contributed by atoms with Gasteiger partial charge in [-0.2, -0.15) is 0 Å². The van der Waals surface area contributed by atoms with Crippen molar-refractivity contribution in [3.63, 3.8) is 0 Å². The Balaban J connectivity index is 2.59. The molecule has 3 nitrogen and oxygen atoms in total. The molecule has 0 fully saturated rings. The van der Waals surface area contributed by atoms with E-state index in [0.29, 0.717) is 28.4 Å². The van der Waals surface area contributed by atoms with Crippen LogP contribution in [0, 0.1) is 6.92 Å². The fraction of sp³-hybridized carbons (Fsp3) is 0.231. The van der Waals surface area contributed by atoms with Crippen molar-refractivity contribution in [2.45, 2.75) is 19.8 Å². The van der Waals surface area contributed by atoms with Gasteiger partial charge in [-0.1, -0.05) is 29.3 Å². The van der Waals surface area contributed by atoms with Crippen LogP contribution in [0.1, 0.15) is 17.7 Å². The second-order valence-corrected chi connectivity index (χ2v) is 4.93. The highest BCUT2D eigenvalue weighted by Gasteiger charge is 2.10. The molecular formula is C13H12Cl2N2O. The molecule has 0 aliphatic carbocycles. The average molecular weight is 283 g/mol. The summed E-state index contributed by atoms with van der Waals surface area (Å²) in [4.78, 5) is 15.3. The summed E-state index contributed by atoms with van der Waals surface area (Å²) in [6.45, 7) is 1.88. The molecule has 94 valence electrons. The van der Waals surface area contributed by atoms with E-state index in [1.54, 1.807) is 6.07 Å². The van der Waals surface area contributed by atoms with Crippen LogP contribution in [0.5, 0.6) is 0 Å². The van der Waals surface area contributed by atoms with Gasteiger partial charge in [-0.15, -0.1) is 0 Å². The van der Waals surface area contributed by atoms with Crippen molar-refractivity contribution in [1.82, 2.24) is 4.98 Å². The van der Waals surface area contributed by atoms with E-state index in [-0.39, 0.29) is 5.91 Å². The molecular weight excluding hydrogens is 271 g/mol. The largest absolute Gasteiger partial charge is 0.370 e. The normalized spacial score (nSPS) is 10.8. The summed E-state index contributed by atoms with van der Waals surface area (Å²) < 4.78 is 0. The molecule has 1 aromatic carbocycles. The number of nitrogens with zero attached hydrogens (tertiary/aromatic N) is 1. The third-order valence-electron chi connectivity index (χ3n) is 2.73. The number of halogens is 2. The molecule has 0 saturated heterocycles. The number of fused-ring (bicyclic) bond motifs is 1. The van der Waals surface area contributed by atoms with Crippen LogP contribution in [-0.2, 0) is 11.2 Å². The zero-order valence-electron chi connectivity index (χ0n) is 9.84. The number of primary amides is 1. The van der Waals surface area contributed by atoms with Crippen molar-refractivity contribution in [2.24, 2.45) is 5.73 Å². The Hall–Kier alpha value is -1.32. The van der Waals surface area contributed by atoms with Crippen LogP contribution in [0.3, 0.4) is 0 Å². The lowest BCUT2D eigenvalue weighted by Crippen LogP contribution is -2.11. The number of carbonyl (C=O) groups excluding carboxylic acids is 1. The maximum atomic E-state index is 10.9. The third-order valence-corrected chi connectivity index (χ3v) is 3.52. The monoisotopic (exact) mass is 282 g/mol. The van der Waals surface area contributed by atoms with Crippen LogP contribution in [0.4, 0.5) is 0 Å². The Morgan fingerprint density at radius 3 is 2.78 bits per heavy atom. The Morgan fingerprint density at radius 2 is 2.11 bits per heavy atom. The summed E-state index contributed by atoms with van der Waals surface area (Å²) in [5.74, 6) is -0.322. The highest BCUT2D eigenvalue weighted by atomic mass is 35.5. The third kappa shape index (κ3) is 2.57. The van der Waals surface area contributed by atoms with E-state index in [0.717, 1.165) is 16.6 Å². The summed E-state index contributed by atoms with van der Waals surface area (Å²) >= 11 is 12.1. The topological polar surface area (TPSA) is 56.0 Å². The molecule has 0 aliphatic rings. The Morgan fingerprint density at radius 1 is 1.39 bits per heavy atom. The predicted octanol–water partition coefficient (Wildman–Crippen LogP) is 3.27. The van der Waals surface area contributed by atoms with Gasteiger partial charge >= 0.3 is 0 Å². The number of hydrogen-bond donors (Lipinski definition) is 1. The zero-order chi connectivity index (χ0) is 13.3. The van der Waals surface area contributed by atoms with Gasteiger partial charge in [-0.25, -0.2) is 0 Å². The Kier molecular flexibility index (Phi) is 3.73. The van der Waals surface area contributed by atoms with Crippen LogP contribution in [0.25, 0.3) is 10.9 Å². The average Bonchev–Trinajstić information content (AvgIpc) is 2.31. The minimum Gasteiger partial charge on any atom is -0.370 e. The van der Waals surface area contributed by atoms with Gasteiger partial charge in [0.15, 0.2) is 0 Å². The highest BCUT2D eigenvalue weighted by Crippen LogP contribution is 2.31. The number of amides is 1. The van der Waals surface area contributed by atoms with Crippen molar-refractivity contribution in [3.05, 3.63) is 39.5 Å². The maximum Gasteiger partial charge on any atom is 0.217 e. The number of aromatic nitrogens is 1. The van der Waals surface area contributed by atoms with Crippen LogP contribution >= 0.6 is 23.2 Å². The Labute approximate surface area is 115 Å². The summed E-state index contributed by atoms with van der Waals surface area (Å²) in [6, 6.07) is 5.54. The second kappa shape index (κ2) is 5.12. The summed E-state index contributed by atoms with van der Waals surface area (Å²) in [6.07, 6.45) is 0.881. The van der Waals surface area contributed by atoms with Gasteiger partial charge < -0.3 is 5.73 Å². The van der Waals surface area contributed by atoms with E-state index < -0.39 is 0 Å². The van der Waals surface area contributed by atoms with Gasteiger partial charge in [0, 0.05) is 17.5 Å². The number of benzene rings is 1. The number of nitrogens with two attached hydrogens (primary N) is 1. The molecule has 0 spiro atoms. The fourth-order valence-corrected chi connectivity index (χ4v) is 2.27. The van der Waals surface area contributed by atoms with Crippen molar-refractivity contribution in [2.75, 3.05) is 0 Å². The number of aryl methyl sites for hydroxylation is 2. The second-order valence-electron chi connectivity index (χ2n) is 4.15. The quantitative estimate of drug-likeness (QED) is 0.939. The lowest BCUT2D eigenvalue weighted by Gasteiger charge is -2.09. The molecule has 0 radical (unpaired) electrons. The molecule has 1 heterocycles. The van der Waals surface area contributed by atoms with Crippen molar-refractivity contribution >= 4 is 40.0 Å². The van der Waals surface area contributed by atoms with Gasteiger partial charge in [0.05, 0.1) is 15.6 Å². The van der Waals surface area contributed by atoms with Gasteiger partial charge in [-0.3, -0.25) is 9.78 Å². The molecule has 2 rings (SSSR count). The summed E-state index contributed by atoms with van der Waals surface area (Å²) in [5.41, 5.74) is 7.69. The van der Waals surface area contributed by atoms with E-state index in [4.69, 9.17) is 28.9 Å². The molecule has 1 aromatic heterocycles. The van der Waals surface area contributed by atoms with Crippen molar-refractivity contribution < 1.29 is 4.79 Å². The minimum absolute atomic E-state index is 0.304. The smallest absolute Gasteiger partial charge is 0.217 e. The lowest BCUT2D eigenvalue weighted by molar-refractivity contribution is -0.117. The van der Waals surface area contributed by atoms with E-state index in [9.17, 15) is 4.79 Å². The van der Waals surface area contributed by atoms with Crippen molar-refractivity contribution in [3.8, 4) is 0 Å². The molecule has 0 saturated carbocycles. The SMILES string of the molecule is Cc1cc(CCC(N)=O)c2ccc(Cl)c(Cl)c2n1. The molecule has 1 amide bonds. The van der Waals surface area contributed by atoms with E-state index in [2.05, 4.69) is 4.98 Å². The fourth-order valence-electron chi connectivity index (χ4n) is 1.91. The van der Waals surface area contributed by atoms with E-state index in [1.165, 1.54) is 0 Å². The van der Waals surface area contributed by atoms with Crippen LogP contribution in [-0.4, -0.2) is 10.9 Å². The first-order valence-corrected chi connectivity index (χ1v) is 6.27. The molecule has 0 atom stereocenters. The molecule has 5 heteroatoms. The maximum absolute atomic E-state index is 10.9. The number of pyridine rings is 1. The molecule has 0 bridgehead atoms. The van der Waals surface area contributed by atoms with E-state index >= 15 is 0 Å². The standard InChI is InChI=1S/C13H12Cl2N2O/c1-7-6-8(2-5-11(16)18)9-3-4-10(14)12(15)13(9)17-7/h3-4,6H,2,5H2,1H3,(H2,16,18). The summed E-state index contributed by atoms with van der Waals surface area (Å²) in [5, 5.41) is 1.83. The number of rotatable bonds is 3. The van der Waals surface area contributed by atoms with Gasteiger partial charge in [-0.05, 0) is 31.0 Å². The first kappa shape index (κ1) is 13.1. The van der Waals surface area contributed by atoms with Gasteiger partial charge in [0.25, 0.3) is 0 Å². The molecule has 18 heavy (non-hydrogen) atoms. The van der Waals surface area contributed by atoms with Crippen molar-refractivity contribution in [1.29, 1.82) is 0 Å². The molecule has 2 aromatic rings. The number of carbonyl (C=O) groups is 1. The Bertz CT molecular complexity index is 626. The first-order chi connectivity index (χ1) is 8.49. The highest BCUT2D eigenvalue weighted by molar-refractivity contribution is 6.45. The van der Waals surface area contributed by atoms with E-state index in [1.807, 2.05) is 19.1 Å². The van der Waals surface area contributed by atoms with Gasteiger partial charge in [0.2, 0.25) is 5.91 Å². The molecule has 2 N–H and O–H groups in total. The molecule has 0 aliphatic heterocycles. The summed E-state index contributed by atoms with van der Waals surface area (Å²) in [7, 11) is 0. The van der Waals surface area contributed by atoms with Crippen LogP contribution < -0.4 is 5.73 Å². The minimum atomic E-state index is -0.322. The van der Waals surface area contributed by atoms with Crippen LogP contribution in [0.15, 0.2) is 18.2 Å². The van der Waals surface area contributed by atoms with Crippen LogP contribution in [0.2, 0.25) is 10.0 Å².